The summed E-state index contributed by atoms with van der Waals surface area (Å²) >= 11 is 4.98. The van der Waals surface area contributed by atoms with Crippen molar-refractivity contribution in [2.45, 2.75) is 17.8 Å². The number of benzene rings is 2. The minimum Gasteiger partial charge on any atom is -0.420 e. The van der Waals surface area contributed by atoms with Crippen LogP contribution in [0.25, 0.3) is 22.7 Å². The number of nitrogens with zero attached hydrogens (tertiary/aromatic N) is 4. The van der Waals surface area contributed by atoms with Gasteiger partial charge < -0.3 is 4.42 Å². The van der Waals surface area contributed by atoms with Gasteiger partial charge in [0.05, 0.1) is 17.0 Å². The molecule has 5 nitrogen and oxygen atoms in total. The number of hydrogen-bond donors (Lipinski definition) is 0. The molecule has 2 aromatic carbocycles. The number of thioether (sulfide) groups is 1. The Balaban J connectivity index is 1.51. The van der Waals surface area contributed by atoms with Gasteiger partial charge >= 0.3 is 0 Å². The van der Waals surface area contributed by atoms with Crippen LogP contribution in [0.4, 0.5) is 0 Å². The van der Waals surface area contributed by atoms with E-state index in [1.165, 1.54) is 11.8 Å². The van der Waals surface area contributed by atoms with Crippen molar-refractivity contribution in [3.63, 3.8) is 0 Å². The first kappa shape index (κ1) is 17.9. The fourth-order valence-corrected chi connectivity index (χ4v) is 3.74. The van der Waals surface area contributed by atoms with Crippen LogP contribution in [0.3, 0.4) is 0 Å². The summed E-state index contributed by atoms with van der Waals surface area (Å²) in [4.78, 5) is 9.16. The minimum atomic E-state index is 0.494. The van der Waals surface area contributed by atoms with Gasteiger partial charge in [-0.05, 0) is 41.1 Å². The summed E-state index contributed by atoms with van der Waals surface area (Å²) < 4.78 is 6.71. The maximum Gasteiger partial charge on any atom is 0.248 e. The Labute approximate surface area is 169 Å². The molecule has 4 aromatic rings. The summed E-state index contributed by atoms with van der Waals surface area (Å²) in [5.74, 6) is 1.54. The second-order valence-electron chi connectivity index (χ2n) is 5.81. The molecule has 2 heterocycles. The molecule has 4 rings (SSSR count). The molecule has 0 saturated heterocycles. The van der Waals surface area contributed by atoms with Crippen molar-refractivity contribution in [3.8, 4) is 22.7 Å². The first-order chi connectivity index (χ1) is 13.2. The average molecular weight is 439 g/mol. The predicted octanol–water partition coefficient (Wildman–Crippen LogP) is 5.56. The van der Waals surface area contributed by atoms with Gasteiger partial charge in [0.1, 0.15) is 0 Å². The first-order valence-corrected chi connectivity index (χ1v) is 10.1. The van der Waals surface area contributed by atoms with Crippen LogP contribution < -0.4 is 0 Å². The van der Waals surface area contributed by atoms with Crippen LogP contribution in [0, 0.1) is 6.92 Å². The van der Waals surface area contributed by atoms with Gasteiger partial charge in [-0.15, -0.1) is 10.2 Å². The summed E-state index contributed by atoms with van der Waals surface area (Å²) in [6.45, 7) is 1.97. The number of hydrogen-bond acceptors (Lipinski definition) is 6. The Hall–Kier alpha value is -2.51. The number of rotatable bonds is 5. The van der Waals surface area contributed by atoms with Gasteiger partial charge in [0.15, 0.2) is 5.16 Å². The highest BCUT2D eigenvalue weighted by molar-refractivity contribution is 9.10. The highest BCUT2D eigenvalue weighted by Crippen LogP contribution is 2.28. The Kier molecular flexibility index (Phi) is 5.31. The van der Waals surface area contributed by atoms with Gasteiger partial charge in [-0.25, -0.2) is 9.97 Å². The van der Waals surface area contributed by atoms with E-state index in [1.807, 2.05) is 67.6 Å². The van der Waals surface area contributed by atoms with Crippen molar-refractivity contribution in [3.05, 3.63) is 76.7 Å². The molecule has 0 fully saturated rings. The van der Waals surface area contributed by atoms with E-state index in [0.29, 0.717) is 22.7 Å². The zero-order valence-electron chi connectivity index (χ0n) is 14.5. The Morgan fingerprint density at radius 2 is 1.74 bits per heavy atom. The molecule has 0 radical (unpaired) electrons. The molecule has 0 aliphatic carbocycles. The Bertz CT molecular complexity index is 1070. The quantitative estimate of drug-likeness (QED) is 0.300. The lowest BCUT2D eigenvalue weighted by Gasteiger charge is -2.05. The van der Waals surface area contributed by atoms with Gasteiger partial charge in [0, 0.05) is 15.7 Å². The third kappa shape index (κ3) is 4.26. The van der Waals surface area contributed by atoms with Crippen LogP contribution in [-0.2, 0) is 5.75 Å². The van der Waals surface area contributed by atoms with Crippen molar-refractivity contribution in [2.75, 3.05) is 0 Å². The highest BCUT2D eigenvalue weighted by Gasteiger charge is 2.13. The van der Waals surface area contributed by atoms with Gasteiger partial charge in [-0.1, -0.05) is 54.2 Å². The van der Waals surface area contributed by atoms with E-state index >= 15 is 0 Å². The third-order valence-corrected chi connectivity index (χ3v) is 5.32. The van der Waals surface area contributed by atoms with Crippen molar-refractivity contribution >= 4 is 27.7 Å². The molecule has 0 N–H and O–H groups in total. The molecule has 0 amide bonds. The van der Waals surface area contributed by atoms with E-state index in [0.717, 1.165) is 27.0 Å². The largest absolute Gasteiger partial charge is 0.420 e. The third-order valence-electron chi connectivity index (χ3n) is 3.80. The molecule has 0 atom stereocenters. The molecule has 0 aliphatic heterocycles. The summed E-state index contributed by atoms with van der Waals surface area (Å²) in [5, 5.41) is 8.97. The molecule has 2 aromatic heterocycles. The molecule has 27 heavy (non-hydrogen) atoms. The van der Waals surface area contributed by atoms with Gasteiger partial charge in [-0.3, -0.25) is 0 Å². The van der Waals surface area contributed by atoms with E-state index in [2.05, 4.69) is 36.1 Å². The maximum atomic E-state index is 5.79. The fourth-order valence-electron chi connectivity index (χ4n) is 2.54. The van der Waals surface area contributed by atoms with Gasteiger partial charge in [-0.2, -0.15) is 0 Å². The molecule has 0 aliphatic rings. The number of aryl methyl sites for hydroxylation is 1. The Morgan fingerprint density at radius 1 is 0.963 bits per heavy atom. The van der Waals surface area contributed by atoms with Crippen LogP contribution in [0.1, 0.15) is 11.6 Å². The average Bonchev–Trinajstić information content (AvgIpc) is 3.16. The van der Waals surface area contributed by atoms with E-state index in [4.69, 9.17) is 4.42 Å². The summed E-state index contributed by atoms with van der Waals surface area (Å²) in [7, 11) is 0. The molecule has 0 bridgehead atoms. The van der Waals surface area contributed by atoms with Gasteiger partial charge in [0.2, 0.25) is 11.8 Å². The second kappa shape index (κ2) is 8.02. The maximum absolute atomic E-state index is 5.79. The molecular weight excluding hydrogens is 424 g/mol. The van der Waals surface area contributed by atoms with E-state index < -0.39 is 0 Å². The first-order valence-electron chi connectivity index (χ1n) is 8.30. The van der Waals surface area contributed by atoms with Crippen LogP contribution in [0.5, 0.6) is 0 Å². The minimum absolute atomic E-state index is 0.494. The van der Waals surface area contributed by atoms with E-state index in [-0.39, 0.29) is 0 Å². The summed E-state index contributed by atoms with van der Waals surface area (Å²) in [6, 6.07) is 19.8. The van der Waals surface area contributed by atoms with E-state index in [1.54, 1.807) is 0 Å². The zero-order chi connectivity index (χ0) is 18.6. The standard InChI is InChI=1S/C20H15BrN4OS/c1-13-11-17(14-7-3-2-4-8-14)23-20(22-13)27-12-18-24-25-19(26-18)15-9-5-6-10-16(15)21/h2-11H,12H2,1H3. The summed E-state index contributed by atoms with van der Waals surface area (Å²) in [5.41, 5.74) is 3.77. The molecule has 0 spiro atoms. The monoisotopic (exact) mass is 438 g/mol. The van der Waals surface area contributed by atoms with Crippen LogP contribution >= 0.6 is 27.7 Å². The van der Waals surface area contributed by atoms with E-state index in [9.17, 15) is 0 Å². The second-order valence-corrected chi connectivity index (χ2v) is 7.61. The lowest BCUT2D eigenvalue weighted by Crippen LogP contribution is -1.94. The van der Waals surface area contributed by atoms with Crippen LogP contribution in [0.2, 0.25) is 0 Å². The zero-order valence-corrected chi connectivity index (χ0v) is 16.9. The van der Waals surface area contributed by atoms with Gasteiger partial charge in [0.25, 0.3) is 0 Å². The lowest BCUT2D eigenvalue weighted by atomic mass is 10.1. The predicted molar refractivity (Wildman–Crippen MR) is 109 cm³/mol. The fraction of sp³-hybridized carbons (Fsp3) is 0.100. The topological polar surface area (TPSA) is 64.7 Å². The smallest absolute Gasteiger partial charge is 0.248 e. The normalized spacial score (nSPS) is 10.9. The molecule has 0 unspecified atom stereocenters. The molecule has 7 heteroatoms. The number of halogens is 1. The van der Waals surface area contributed by atoms with Crippen LogP contribution in [-0.4, -0.2) is 20.2 Å². The highest BCUT2D eigenvalue weighted by atomic mass is 79.9. The summed E-state index contributed by atoms with van der Waals surface area (Å²) in [6.07, 6.45) is 0. The van der Waals surface area contributed by atoms with Crippen molar-refractivity contribution < 1.29 is 4.42 Å². The molecule has 134 valence electrons. The van der Waals surface area contributed by atoms with Crippen molar-refractivity contribution in [1.29, 1.82) is 0 Å². The number of aromatic nitrogens is 4. The molecule has 0 saturated carbocycles. The van der Waals surface area contributed by atoms with Crippen molar-refractivity contribution in [1.82, 2.24) is 20.2 Å². The molecular formula is C20H15BrN4OS. The Morgan fingerprint density at radius 3 is 2.56 bits per heavy atom. The van der Waals surface area contributed by atoms with Crippen LogP contribution in [0.15, 0.2) is 74.7 Å². The SMILES string of the molecule is Cc1cc(-c2ccccc2)nc(SCc2nnc(-c3ccccc3Br)o2)n1. The van der Waals surface area contributed by atoms with Crippen molar-refractivity contribution in [2.24, 2.45) is 0 Å². The lowest BCUT2D eigenvalue weighted by molar-refractivity contribution is 0.528.